The van der Waals surface area contributed by atoms with Crippen LogP contribution in [0.15, 0.2) is 22.8 Å². The summed E-state index contributed by atoms with van der Waals surface area (Å²) in [6.07, 6.45) is 3.56. The van der Waals surface area contributed by atoms with Crippen LogP contribution < -0.4 is 5.32 Å². The van der Waals surface area contributed by atoms with Crippen LogP contribution in [0.25, 0.3) is 0 Å². The van der Waals surface area contributed by atoms with E-state index < -0.39 is 0 Å². The summed E-state index contributed by atoms with van der Waals surface area (Å²) in [6, 6.07) is 3.66. The normalized spacial score (nSPS) is 17.4. The summed E-state index contributed by atoms with van der Waals surface area (Å²) in [4.78, 5) is 28.2. The minimum Gasteiger partial charge on any atom is -0.469 e. The molecule has 24 heavy (non-hydrogen) atoms. The van der Waals surface area contributed by atoms with Crippen LogP contribution in [0.5, 0.6) is 0 Å². The highest BCUT2D eigenvalue weighted by Crippen LogP contribution is 2.36. The van der Waals surface area contributed by atoms with Crippen molar-refractivity contribution >= 4 is 11.7 Å². The highest BCUT2D eigenvalue weighted by Gasteiger charge is 2.35. The SMILES string of the molecule is Cc1c(C(=O)N[C@H](C)Cc2ccco2)[nH]c2c1C(=O)CC(C)(C)C2. The number of ketones is 1. The van der Waals surface area contributed by atoms with Crippen LogP contribution in [0.1, 0.15) is 65.1 Å². The fraction of sp³-hybridized carbons (Fsp3) is 0.474. The lowest BCUT2D eigenvalue weighted by Crippen LogP contribution is -2.34. The molecule has 128 valence electrons. The molecule has 1 aliphatic carbocycles. The van der Waals surface area contributed by atoms with Crippen molar-refractivity contribution in [2.75, 3.05) is 0 Å². The van der Waals surface area contributed by atoms with Gasteiger partial charge >= 0.3 is 0 Å². The number of aromatic amines is 1. The molecule has 5 nitrogen and oxygen atoms in total. The number of aromatic nitrogens is 1. The summed E-state index contributed by atoms with van der Waals surface area (Å²) in [5.74, 6) is 0.784. The van der Waals surface area contributed by atoms with E-state index in [9.17, 15) is 9.59 Å². The maximum atomic E-state index is 12.6. The number of fused-ring (bicyclic) bond motifs is 1. The number of furan rings is 1. The Kier molecular flexibility index (Phi) is 4.11. The summed E-state index contributed by atoms with van der Waals surface area (Å²) in [7, 11) is 0. The van der Waals surface area contributed by atoms with Crippen molar-refractivity contribution in [2.24, 2.45) is 5.41 Å². The zero-order valence-corrected chi connectivity index (χ0v) is 14.7. The average molecular weight is 328 g/mol. The smallest absolute Gasteiger partial charge is 0.268 e. The molecule has 3 rings (SSSR count). The Morgan fingerprint density at radius 1 is 1.42 bits per heavy atom. The van der Waals surface area contributed by atoms with E-state index in [0.29, 0.717) is 24.1 Å². The molecule has 0 radical (unpaired) electrons. The van der Waals surface area contributed by atoms with Crippen LogP contribution >= 0.6 is 0 Å². The van der Waals surface area contributed by atoms with E-state index in [2.05, 4.69) is 24.1 Å². The summed E-state index contributed by atoms with van der Waals surface area (Å²) < 4.78 is 5.31. The predicted octanol–water partition coefficient (Wildman–Crippen LogP) is 3.43. The molecular formula is C19H24N2O3. The molecule has 1 aliphatic rings. The largest absolute Gasteiger partial charge is 0.469 e. The molecule has 1 atom stereocenters. The van der Waals surface area contributed by atoms with Crippen LogP contribution in [-0.2, 0) is 12.8 Å². The first-order valence-electron chi connectivity index (χ1n) is 8.35. The second-order valence-corrected chi connectivity index (χ2v) is 7.58. The van der Waals surface area contributed by atoms with Gasteiger partial charge in [0.2, 0.25) is 0 Å². The first-order chi connectivity index (χ1) is 11.3. The van der Waals surface area contributed by atoms with Crippen molar-refractivity contribution in [3.8, 4) is 0 Å². The minimum atomic E-state index is -0.174. The van der Waals surface area contributed by atoms with Gasteiger partial charge in [-0.05, 0) is 43.4 Å². The van der Waals surface area contributed by atoms with E-state index in [4.69, 9.17) is 4.42 Å². The lowest BCUT2D eigenvalue weighted by Gasteiger charge is -2.28. The summed E-state index contributed by atoms with van der Waals surface area (Å²) in [5.41, 5.74) is 2.78. The predicted molar refractivity (Wildman–Crippen MR) is 91.3 cm³/mol. The zero-order chi connectivity index (χ0) is 17.5. The third-order valence-corrected chi connectivity index (χ3v) is 4.59. The lowest BCUT2D eigenvalue weighted by molar-refractivity contribution is 0.0908. The molecule has 0 fully saturated rings. The Balaban J connectivity index is 1.78. The van der Waals surface area contributed by atoms with E-state index in [1.807, 2.05) is 26.0 Å². The average Bonchev–Trinajstić information content (AvgIpc) is 3.05. The highest BCUT2D eigenvalue weighted by atomic mass is 16.3. The molecule has 2 heterocycles. The summed E-state index contributed by atoms with van der Waals surface area (Å²) in [5, 5.41) is 2.98. The highest BCUT2D eigenvalue weighted by molar-refractivity contribution is 6.04. The van der Waals surface area contributed by atoms with Crippen LogP contribution in [-0.4, -0.2) is 22.7 Å². The Hall–Kier alpha value is -2.30. The van der Waals surface area contributed by atoms with E-state index in [1.165, 1.54) is 0 Å². The van der Waals surface area contributed by atoms with Gasteiger partial charge in [-0.15, -0.1) is 0 Å². The monoisotopic (exact) mass is 328 g/mol. The zero-order valence-electron chi connectivity index (χ0n) is 14.7. The third kappa shape index (κ3) is 3.16. The molecule has 0 unspecified atom stereocenters. The fourth-order valence-electron chi connectivity index (χ4n) is 3.54. The van der Waals surface area contributed by atoms with Gasteiger partial charge in [-0.1, -0.05) is 13.8 Å². The van der Waals surface area contributed by atoms with E-state index in [0.717, 1.165) is 23.4 Å². The molecule has 0 saturated heterocycles. The number of hydrogen-bond acceptors (Lipinski definition) is 3. The number of amides is 1. The maximum Gasteiger partial charge on any atom is 0.268 e. The fourth-order valence-corrected chi connectivity index (χ4v) is 3.54. The Morgan fingerprint density at radius 3 is 2.83 bits per heavy atom. The number of nitrogens with one attached hydrogen (secondary N) is 2. The van der Waals surface area contributed by atoms with E-state index in [1.54, 1.807) is 6.26 Å². The van der Waals surface area contributed by atoms with Gasteiger partial charge in [0, 0.05) is 30.1 Å². The first kappa shape index (κ1) is 16.6. The molecule has 0 aromatic carbocycles. The first-order valence-corrected chi connectivity index (χ1v) is 8.35. The number of H-pyrrole nitrogens is 1. The molecule has 0 saturated carbocycles. The van der Waals surface area contributed by atoms with Crippen LogP contribution in [0.2, 0.25) is 0 Å². The Labute approximate surface area is 141 Å². The van der Waals surface area contributed by atoms with Crippen molar-refractivity contribution in [2.45, 2.75) is 53.0 Å². The second kappa shape index (κ2) is 5.96. The Bertz CT molecular complexity index is 769. The summed E-state index contributed by atoms with van der Waals surface area (Å²) >= 11 is 0. The molecule has 0 spiro atoms. The molecule has 2 aromatic heterocycles. The molecule has 1 amide bonds. The van der Waals surface area contributed by atoms with Crippen molar-refractivity contribution in [3.63, 3.8) is 0 Å². The molecule has 2 aromatic rings. The molecular weight excluding hydrogens is 304 g/mol. The van der Waals surface area contributed by atoms with Gasteiger partial charge in [0.25, 0.3) is 5.91 Å². The number of rotatable bonds is 4. The number of hydrogen-bond donors (Lipinski definition) is 2. The molecule has 2 N–H and O–H groups in total. The van der Waals surface area contributed by atoms with Crippen molar-refractivity contribution in [1.29, 1.82) is 0 Å². The van der Waals surface area contributed by atoms with Gasteiger partial charge in [-0.2, -0.15) is 0 Å². The van der Waals surface area contributed by atoms with Crippen molar-refractivity contribution in [3.05, 3.63) is 46.7 Å². The molecule has 5 heteroatoms. The standard InChI is InChI=1S/C19H24N2O3/c1-11(8-13-6-5-7-24-13)20-18(23)17-12(2)16-14(21-17)9-19(3,4)10-15(16)22/h5-7,11,21H,8-10H2,1-4H3,(H,20,23)/t11-/m1/s1. The molecule has 0 aliphatic heterocycles. The molecule has 0 bridgehead atoms. The van der Waals surface area contributed by atoms with Crippen LogP contribution in [0, 0.1) is 12.3 Å². The van der Waals surface area contributed by atoms with Crippen molar-refractivity contribution in [1.82, 2.24) is 10.3 Å². The van der Waals surface area contributed by atoms with Crippen LogP contribution in [0.4, 0.5) is 0 Å². The van der Waals surface area contributed by atoms with Gasteiger partial charge in [0.1, 0.15) is 11.5 Å². The minimum absolute atomic E-state index is 0.0597. The number of carbonyl (C=O) groups excluding carboxylic acids is 2. The quantitative estimate of drug-likeness (QED) is 0.903. The van der Waals surface area contributed by atoms with Gasteiger partial charge in [0.05, 0.1) is 6.26 Å². The Morgan fingerprint density at radius 2 is 2.17 bits per heavy atom. The second-order valence-electron chi connectivity index (χ2n) is 7.58. The van der Waals surface area contributed by atoms with E-state index >= 15 is 0 Å². The lowest BCUT2D eigenvalue weighted by atomic mass is 9.75. The van der Waals surface area contributed by atoms with E-state index in [-0.39, 0.29) is 23.1 Å². The van der Waals surface area contributed by atoms with Gasteiger partial charge in [0.15, 0.2) is 5.78 Å². The van der Waals surface area contributed by atoms with Gasteiger partial charge < -0.3 is 14.7 Å². The maximum absolute atomic E-state index is 12.6. The number of carbonyl (C=O) groups is 2. The van der Waals surface area contributed by atoms with Gasteiger partial charge in [-0.25, -0.2) is 0 Å². The topological polar surface area (TPSA) is 75.1 Å². The van der Waals surface area contributed by atoms with Crippen LogP contribution in [0.3, 0.4) is 0 Å². The third-order valence-electron chi connectivity index (χ3n) is 4.59. The number of Topliss-reactive ketones (excluding diaryl/α,β-unsaturated/α-hetero) is 1. The van der Waals surface area contributed by atoms with Gasteiger partial charge in [-0.3, -0.25) is 9.59 Å². The van der Waals surface area contributed by atoms with Crippen molar-refractivity contribution < 1.29 is 14.0 Å². The summed E-state index contributed by atoms with van der Waals surface area (Å²) in [6.45, 7) is 7.94.